The Hall–Kier alpha value is -1.07. The van der Waals surface area contributed by atoms with Crippen LogP contribution in [0.3, 0.4) is 0 Å². The Balaban J connectivity index is 2.00. The van der Waals surface area contributed by atoms with Gasteiger partial charge >= 0.3 is 0 Å². The van der Waals surface area contributed by atoms with Gasteiger partial charge in [-0.2, -0.15) is 0 Å². The fourth-order valence-electron chi connectivity index (χ4n) is 2.27. The van der Waals surface area contributed by atoms with E-state index in [9.17, 15) is 4.39 Å². The van der Waals surface area contributed by atoms with Gasteiger partial charge in [-0.15, -0.1) is 0 Å². The highest BCUT2D eigenvalue weighted by Crippen LogP contribution is 2.18. The van der Waals surface area contributed by atoms with Crippen molar-refractivity contribution in [3.05, 3.63) is 35.6 Å². The molecular weight excluding hydrogens is 285 g/mol. The van der Waals surface area contributed by atoms with E-state index in [0.717, 1.165) is 55.5 Å². The van der Waals surface area contributed by atoms with E-state index in [4.69, 9.17) is 0 Å². The van der Waals surface area contributed by atoms with Crippen LogP contribution in [0.15, 0.2) is 29.3 Å². The Bertz CT molecular complexity index is 459. The SMILES string of the molecule is CN(C)CCCN(Cc1ccc(F)cc1)C1=NCCCS1. The fraction of sp³-hybridized carbons (Fsp3) is 0.562. The highest BCUT2D eigenvalue weighted by Gasteiger charge is 2.15. The first-order valence-corrected chi connectivity index (χ1v) is 8.45. The Morgan fingerprint density at radius 2 is 1.95 bits per heavy atom. The lowest BCUT2D eigenvalue weighted by Crippen LogP contribution is -2.32. The van der Waals surface area contributed by atoms with E-state index in [2.05, 4.69) is 28.9 Å². The van der Waals surface area contributed by atoms with E-state index in [1.165, 1.54) is 12.1 Å². The molecule has 0 N–H and O–H groups in total. The van der Waals surface area contributed by atoms with Gasteiger partial charge in [0, 0.05) is 25.4 Å². The van der Waals surface area contributed by atoms with Crippen LogP contribution in [0.25, 0.3) is 0 Å². The maximum atomic E-state index is 13.0. The molecule has 0 aromatic heterocycles. The topological polar surface area (TPSA) is 18.8 Å². The molecule has 0 aliphatic carbocycles. The maximum absolute atomic E-state index is 13.0. The number of benzene rings is 1. The van der Waals surface area contributed by atoms with Gasteiger partial charge in [0.2, 0.25) is 0 Å². The van der Waals surface area contributed by atoms with Gasteiger partial charge in [0.1, 0.15) is 5.82 Å². The van der Waals surface area contributed by atoms with Crippen molar-refractivity contribution in [2.45, 2.75) is 19.4 Å². The third-order valence-corrected chi connectivity index (χ3v) is 4.51. The van der Waals surface area contributed by atoms with Gasteiger partial charge in [-0.05, 0) is 51.2 Å². The molecule has 1 heterocycles. The van der Waals surface area contributed by atoms with Crippen molar-refractivity contribution >= 4 is 16.9 Å². The van der Waals surface area contributed by atoms with Crippen LogP contribution in [-0.4, -0.2) is 54.4 Å². The lowest BCUT2D eigenvalue weighted by Gasteiger charge is -2.28. The molecule has 21 heavy (non-hydrogen) atoms. The predicted molar refractivity (Wildman–Crippen MR) is 89.4 cm³/mol. The smallest absolute Gasteiger partial charge is 0.159 e. The van der Waals surface area contributed by atoms with Crippen molar-refractivity contribution in [1.82, 2.24) is 9.80 Å². The van der Waals surface area contributed by atoms with Crippen molar-refractivity contribution < 1.29 is 4.39 Å². The van der Waals surface area contributed by atoms with Crippen LogP contribution in [0.1, 0.15) is 18.4 Å². The first-order chi connectivity index (χ1) is 10.1. The summed E-state index contributed by atoms with van der Waals surface area (Å²) in [5.41, 5.74) is 1.13. The molecule has 0 radical (unpaired) electrons. The summed E-state index contributed by atoms with van der Waals surface area (Å²) in [5, 5.41) is 1.14. The minimum absolute atomic E-state index is 0.178. The quantitative estimate of drug-likeness (QED) is 0.805. The average Bonchev–Trinajstić information content (AvgIpc) is 2.49. The van der Waals surface area contributed by atoms with Gasteiger partial charge in [-0.1, -0.05) is 23.9 Å². The number of hydrogen-bond donors (Lipinski definition) is 0. The number of hydrogen-bond acceptors (Lipinski definition) is 4. The van der Waals surface area contributed by atoms with Crippen molar-refractivity contribution in [3.8, 4) is 0 Å². The molecule has 0 saturated carbocycles. The summed E-state index contributed by atoms with van der Waals surface area (Å²) >= 11 is 1.84. The molecule has 1 aliphatic heterocycles. The molecule has 0 bridgehead atoms. The second-order valence-corrected chi connectivity index (χ2v) is 6.63. The monoisotopic (exact) mass is 309 g/mol. The lowest BCUT2D eigenvalue weighted by molar-refractivity contribution is 0.346. The van der Waals surface area contributed by atoms with Crippen LogP contribution >= 0.6 is 11.8 Å². The van der Waals surface area contributed by atoms with Crippen LogP contribution in [0.2, 0.25) is 0 Å². The number of aliphatic imine (C=N–C) groups is 1. The van der Waals surface area contributed by atoms with Gasteiger partial charge in [0.05, 0.1) is 0 Å². The second kappa shape index (κ2) is 8.39. The molecule has 3 nitrogen and oxygen atoms in total. The van der Waals surface area contributed by atoms with Crippen molar-refractivity contribution in [2.75, 3.05) is 39.5 Å². The van der Waals surface area contributed by atoms with E-state index in [0.29, 0.717) is 0 Å². The van der Waals surface area contributed by atoms with E-state index < -0.39 is 0 Å². The lowest BCUT2D eigenvalue weighted by atomic mass is 10.2. The minimum atomic E-state index is -0.178. The Morgan fingerprint density at radius 1 is 1.19 bits per heavy atom. The normalized spacial score (nSPS) is 15.1. The largest absolute Gasteiger partial charge is 0.347 e. The van der Waals surface area contributed by atoms with Crippen molar-refractivity contribution in [2.24, 2.45) is 4.99 Å². The molecule has 0 unspecified atom stereocenters. The molecule has 0 amide bonds. The molecule has 0 atom stereocenters. The second-order valence-electron chi connectivity index (χ2n) is 5.57. The summed E-state index contributed by atoms with van der Waals surface area (Å²) in [6.07, 6.45) is 2.27. The Kier molecular flexibility index (Phi) is 6.51. The molecule has 1 aromatic carbocycles. The Morgan fingerprint density at radius 3 is 2.57 bits per heavy atom. The number of thioether (sulfide) groups is 1. The van der Waals surface area contributed by atoms with Crippen LogP contribution in [-0.2, 0) is 6.54 Å². The van der Waals surface area contributed by atoms with Gasteiger partial charge in [-0.25, -0.2) is 4.39 Å². The predicted octanol–water partition coefficient (Wildman–Crippen LogP) is 3.07. The molecule has 0 fully saturated rings. The van der Waals surface area contributed by atoms with E-state index >= 15 is 0 Å². The summed E-state index contributed by atoms with van der Waals surface area (Å²) in [6, 6.07) is 6.79. The van der Waals surface area contributed by atoms with E-state index in [1.807, 2.05) is 23.9 Å². The highest BCUT2D eigenvalue weighted by molar-refractivity contribution is 8.13. The number of nitrogens with zero attached hydrogens (tertiary/aromatic N) is 3. The van der Waals surface area contributed by atoms with E-state index in [-0.39, 0.29) is 5.82 Å². The highest BCUT2D eigenvalue weighted by atomic mass is 32.2. The molecule has 1 aromatic rings. The van der Waals surface area contributed by atoms with Crippen LogP contribution in [0.5, 0.6) is 0 Å². The molecule has 5 heteroatoms. The summed E-state index contributed by atoms with van der Waals surface area (Å²) in [7, 11) is 4.19. The van der Waals surface area contributed by atoms with Crippen molar-refractivity contribution in [1.29, 1.82) is 0 Å². The minimum Gasteiger partial charge on any atom is -0.347 e. The van der Waals surface area contributed by atoms with Gasteiger partial charge in [-0.3, -0.25) is 4.99 Å². The third-order valence-electron chi connectivity index (χ3n) is 3.37. The van der Waals surface area contributed by atoms with Crippen LogP contribution in [0, 0.1) is 5.82 Å². The molecule has 2 rings (SSSR count). The zero-order chi connectivity index (χ0) is 15.1. The Labute approximate surface area is 131 Å². The number of rotatable bonds is 6. The molecule has 116 valence electrons. The number of amidine groups is 1. The fourth-order valence-corrected chi connectivity index (χ4v) is 3.25. The van der Waals surface area contributed by atoms with Gasteiger partial charge in [0.15, 0.2) is 5.17 Å². The number of halogens is 1. The molecular formula is C16H24FN3S. The summed E-state index contributed by atoms with van der Waals surface area (Å²) < 4.78 is 13.0. The van der Waals surface area contributed by atoms with Crippen LogP contribution < -0.4 is 0 Å². The van der Waals surface area contributed by atoms with Crippen LogP contribution in [0.4, 0.5) is 4.39 Å². The average molecular weight is 309 g/mol. The van der Waals surface area contributed by atoms with Gasteiger partial charge in [0.25, 0.3) is 0 Å². The zero-order valence-electron chi connectivity index (χ0n) is 12.9. The van der Waals surface area contributed by atoms with Gasteiger partial charge < -0.3 is 9.80 Å². The summed E-state index contributed by atoms with van der Waals surface area (Å²) in [6.45, 7) is 3.79. The summed E-state index contributed by atoms with van der Waals surface area (Å²) in [5.74, 6) is 0.967. The van der Waals surface area contributed by atoms with Crippen molar-refractivity contribution in [3.63, 3.8) is 0 Å². The zero-order valence-corrected chi connectivity index (χ0v) is 13.7. The first-order valence-electron chi connectivity index (χ1n) is 7.46. The maximum Gasteiger partial charge on any atom is 0.159 e. The summed E-state index contributed by atoms with van der Waals surface area (Å²) in [4.78, 5) is 9.19. The standard InChI is InChI=1S/C16H24FN3S/c1-19(2)10-4-11-20(16-18-9-3-12-21-16)13-14-5-7-15(17)8-6-14/h5-8H,3-4,9-13H2,1-2H3. The molecule has 0 saturated heterocycles. The first kappa shape index (κ1) is 16.3. The third kappa shape index (κ3) is 5.67. The molecule has 1 aliphatic rings. The molecule has 0 spiro atoms. The van der Waals surface area contributed by atoms with E-state index in [1.54, 1.807) is 0 Å².